The molecule has 1 N–H and O–H groups in total. The van der Waals surface area contributed by atoms with E-state index in [0.717, 1.165) is 16.1 Å². The molecule has 0 aromatic carbocycles. The number of carbonyl (C=O) groups excluding carboxylic acids is 1. The van der Waals surface area contributed by atoms with Crippen LogP contribution in [0.1, 0.15) is 5.56 Å². The lowest BCUT2D eigenvalue weighted by atomic mass is 10.1. The Morgan fingerprint density at radius 1 is 1.48 bits per heavy atom. The fourth-order valence-electron chi connectivity index (χ4n) is 2.54. The molecule has 1 aromatic rings. The summed E-state index contributed by atoms with van der Waals surface area (Å²) in [5.74, 6) is -1.35. The normalized spacial score (nSPS) is 18.3. The minimum atomic E-state index is -3.68. The van der Waals surface area contributed by atoms with Crippen molar-refractivity contribution in [3.05, 3.63) is 30.1 Å². The Balaban J connectivity index is 1.97. The minimum Gasteiger partial charge on any atom is -0.480 e. The van der Waals surface area contributed by atoms with E-state index in [1.165, 1.54) is 0 Å². The Labute approximate surface area is 146 Å². The van der Waals surface area contributed by atoms with Gasteiger partial charge in [0.1, 0.15) is 6.54 Å². The van der Waals surface area contributed by atoms with E-state index in [-0.39, 0.29) is 32.0 Å². The van der Waals surface area contributed by atoms with Crippen molar-refractivity contribution in [3.8, 4) is 0 Å². The van der Waals surface area contributed by atoms with Gasteiger partial charge in [-0.25, -0.2) is 8.42 Å². The van der Waals surface area contributed by atoms with Crippen LogP contribution < -0.4 is 0 Å². The third-order valence-electron chi connectivity index (χ3n) is 3.76. The van der Waals surface area contributed by atoms with Crippen molar-refractivity contribution in [2.75, 3.05) is 39.0 Å². The van der Waals surface area contributed by atoms with Gasteiger partial charge in [0, 0.05) is 32.0 Å². The van der Waals surface area contributed by atoms with E-state index in [1.807, 2.05) is 0 Å². The number of nitrogens with zero attached hydrogens (tertiary/aromatic N) is 3. The van der Waals surface area contributed by atoms with Crippen LogP contribution in [0.25, 0.3) is 0 Å². The molecule has 1 aromatic heterocycles. The van der Waals surface area contributed by atoms with Gasteiger partial charge in [0.2, 0.25) is 15.9 Å². The Kier molecular flexibility index (Phi) is 6.45. The summed E-state index contributed by atoms with van der Waals surface area (Å²) in [6.07, 6.45) is 3.82. The molecule has 138 valence electrons. The average molecular weight is 371 g/mol. The first kappa shape index (κ1) is 19.3. The van der Waals surface area contributed by atoms with E-state index in [1.54, 1.807) is 29.4 Å². The van der Waals surface area contributed by atoms with E-state index in [9.17, 15) is 18.0 Å². The number of morpholine rings is 1. The SMILES string of the molecule is CS(=O)(=O)N(CC(=O)O)CC1CN(C(=O)Cc2cccnc2)CCO1. The molecule has 25 heavy (non-hydrogen) atoms. The van der Waals surface area contributed by atoms with Crippen LogP contribution in [-0.2, 0) is 30.8 Å². The van der Waals surface area contributed by atoms with Gasteiger partial charge in [0.15, 0.2) is 0 Å². The number of carboxylic acids is 1. The molecule has 0 aliphatic carbocycles. The molecule has 2 rings (SSSR count). The number of ether oxygens (including phenoxy) is 1. The quantitative estimate of drug-likeness (QED) is 0.667. The molecule has 1 fully saturated rings. The van der Waals surface area contributed by atoms with Crippen LogP contribution in [-0.4, -0.2) is 84.7 Å². The van der Waals surface area contributed by atoms with Crippen LogP contribution in [0.3, 0.4) is 0 Å². The molecule has 1 aliphatic rings. The predicted molar refractivity (Wildman–Crippen MR) is 88.3 cm³/mol. The first-order valence-corrected chi connectivity index (χ1v) is 9.55. The molecule has 1 aliphatic heterocycles. The van der Waals surface area contributed by atoms with Crippen LogP contribution in [0, 0.1) is 0 Å². The number of hydrogen-bond acceptors (Lipinski definition) is 6. The number of rotatable bonds is 7. The van der Waals surface area contributed by atoms with Crippen LogP contribution >= 0.6 is 0 Å². The Morgan fingerprint density at radius 2 is 2.24 bits per heavy atom. The first-order valence-electron chi connectivity index (χ1n) is 7.71. The summed E-state index contributed by atoms with van der Waals surface area (Å²) >= 11 is 0. The molecule has 1 unspecified atom stereocenters. The maximum absolute atomic E-state index is 12.4. The summed E-state index contributed by atoms with van der Waals surface area (Å²) in [6.45, 7) is 0.149. The number of sulfonamides is 1. The molecular weight excluding hydrogens is 350 g/mol. The Bertz CT molecular complexity index is 709. The zero-order valence-corrected chi connectivity index (χ0v) is 14.7. The van der Waals surface area contributed by atoms with Gasteiger partial charge in [-0.15, -0.1) is 0 Å². The lowest BCUT2D eigenvalue weighted by Crippen LogP contribution is -2.51. The van der Waals surface area contributed by atoms with Crippen LogP contribution in [0.5, 0.6) is 0 Å². The van der Waals surface area contributed by atoms with Crippen LogP contribution in [0.2, 0.25) is 0 Å². The fraction of sp³-hybridized carbons (Fsp3) is 0.533. The molecule has 1 saturated heterocycles. The van der Waals surface area contributed by atoms with Crippen molar-refractivity contribution < 1.29 is 27.9 Å². The zero-order valence-electron chi connectivity index (χ0n) is 13.9. The fourth-order valence-corrected chi connectivity index (χ4v) is 3.32. The van der Waals surface area contributed by atoms with Crippen molar-refractivity contribution in [2.24, 2.45) is 0 Å². The molecule has 10 heteroatoms. The van der Waals surface area contributed by atoms with Gasteiger partial charge in [-0.05, 0) is 11.6 Å². The van der Waals surface area contributed by atoms with Gasteiger partial charge >= 0.3 is 5.97 Å². The summed E-state index contributed by atoms with van der Waals surface area (Å²) in [7, 11) is -3.68. The highest BCUT2D eigenvalue weighted by atomic mass is 32.2. The van der Waals surface area contributed by atoms with Gasteiger partial charge in [-0.2, -0.15) is 4.31 Å². The van der Waals surface area contributed by atoms with Crippen molar-refractivity contribution in [1.82, 2.24) is 14.2 Å². The molecule has 0 saturated carbocycles. The highest BCUT2D eigenvalue weighted by Gasteiger charge is 2.29. The summed E-state index contributed by atoms with van der Waals surface area (Å²) < 4.78 is 29.8. The van der Waals surface area contributed by atoms with Crippen molar-refractivity contribution >= 4 is 21.9 Å². The second-order valence-electron chi connectivity index (χ2n) is 5.82. The molecule has 1 amide bonds. The highest BCUT2D eigenvalue weighted by Crippen LogP contribution is 2.11. The second kappa shape index (κ2) is 8.37. The Hall–Kier alpha value is -2.04. The molecular formula is C15H21N3O6S. The molecule has 9 nitrogen and oxygen atoms in total. The van der Waals surface area contributed by atoms with Gasteiger partial charge in [-0.3, -0.25) is 14.6 Å². The van der Waals surface area contributed by atoms with Crippen molar-refractivity contribution in [1.29, 1.82) is 0 Å². The summed E-state index contributed by atoms with van der Waals surface area (Å²) in [5.41, 5.74) is 0.791. The third-order valence-corrected chi connectivity index (χ3v) is 4.97. The average Bonchev–Trinajstić information content (AvgIpc) is 2.54. The third kappa shape index (κ3) is 6.07. The van der Waals surface area contributed by atoms with Gasteiger partial charge in [-0.1, -0.05) is 6.07 Å². The van der Waals surface area contributed by atoms with Gasteiger partial charge < -0.3 is 14.7 Å². The maximum Gasteiger partial charge on any atom is 0.318 e. The van der Waals surface area contributed by atoms with E-state index < -0.39 is 28.6 Å². The van der Waals surface area contributed by atoms with E-state index >= 15 is 0 Å². The first-order chi connectivity index (χ1) is 11.8. The van der Waals surface area contributed by atoms with Crippen LogP contribution in [0.15, 0.2) is 24.5 Å². The van der Waals surface area contributed by atoms with E-state index in [4.69, 9.17) is 9.84 Å². The number of carbonyl (C=O) groups is 2. The number of carboxylic acid groups (broad SMARTS) is 1. The highest BCUT2D eigenvalue weighted by molar-refractivity contribution is 7.88. The van der Waals surface area contributed by atoms with Gasteiger partial charge in [0.05, 0.1) is 25.4 Å². The summed E-state index contributed by atoms with van der Waals surface area (Å²) in [4.78, 5) is 28.8. The monoisotopic (exact) mass is 371 g/mol. The topological polar surface area (TPSA) is 117 Å². The van der Waals surface area contributed by atoms with Crippen molar-refractivity contribution in [2.45, 2.75) is 12.5 Å². The molecule has 0 bridgehead atoms. The Morgan fingerprint density at radius 3 is 2.84 bits per heavy atom. The molecule has 2 heterocycles. The lowest BCUT2D eigenvalue weighted by molar-refractivity contribution is -0.140. The van der Waals surface area contributed by atoms with E-state index in [2.05, 4.69) is 4.98 Å². The number of aliphatic carboxylic acids is 1. The van der Waals surface area contributed by atoms with Crippen LogP contribution in [0.4, 0.5) is 0 Å². The largest absolute Gasteiger partial charge is 0.480 e. The number of hydrogen-bond donors (Lipinski definition) is 1. The number of aromatic nitrogens is 1. The minimum absolute atomic E-state index is 0.106. The zero-order chi connectivity index (χ0) is 18.4. The maximum atomic E-state index is 12.4. The molecule has 0 spiro atoms. The molecule has 0 radical (unpaired) electrons. The number of pyridine rings is 1. The summed E-state index contributed by atoms with van der Waals surface area (Å²) in [5, 5.41) is 8.86. The smallest absolute Gasteiger partial charge is 0.318 e. The predicted octanol–water partition coefficient (Wildman–Crippen LogP) is -0.802. The molecule has 1 atom stereocenters. The van der Waals surface area contributed by atoms with Gasteiger partial charge in [0.25, 0.3) is 0 Å². The standard InChI is InChI=1S/C15H21N3O6S/c1-25(22,23)18(11-15(20)21)10-13-9-17(5-6-24-13)14(19)7-12-3-2-4-16-8-12/h2-4,8,13H,5-7,9-11H2,1H3,(H,20,21). The number of amides is 1. The van der Waals surface area contributed by atoms with Crippen molar-refractivity contribution in [3.63, 3.8) is 0 Å². The second-order valence-corrected chi connectivity index (χ2v) is 7.80. The summed E-state index contributed by atoms with van der Waals surface area (Å²) in [6, 6.07) is 3.56. The van der Waals surface area contributed by atoms with E-state index in [0.29, 0.717) is 6.54 Å². The lowest BCUT2D eigenvalue weighted by Gasteiger charge is -2.35.